The van der Waals surface area contributed by atoms with Crippen LogP contribution in [0.3, 0.4) is 0 Å². The number of carbonyl (C=O) groups is 1. The van der Waals surface area contributed by atoms with Crippen molar-refractivity contribution in [2.75, 3.05) is 54.1 Å². The fourth-order valence-electron chi connectivity index (χ4n) is 6.94. The first kappa shape index (κ1) is 57.0. The van der Waals surface area contributed by atoms with Crippen LogP contribution in [0, 0.1) is 0 Å². The Balaban J connectivity index is 4.15. The molecule has 0 spiro atoms. The summed E-state index contributed by atoms with van der Waals surface area (Å²) in [5.41, 5.74) is 0. The lowest BCUT2D eigenvalue weighted by molar-refractivity contribution is -0.870. The van der Waals surface area contributed by atoms with E-state index in [4.69, 9.17) is 18.5 Å². The lowest BCUT2D eigenvalue weighted by Gasteiger charge is -2.24. The van der Waals surface area contributed by atoms with Crippen LogP contribution in [-0.4, -0.2) is 75.6 Å². The summed E-state index contributed by atoms with van der Waals surface area (Å²) >= 11 is 0. The van der Waals surface area contributed by atoms with Gasteiger partial charge in [0.15, 0.2) is 0 Å². The summed E-state index contributed by atoms with van der Waals surface area (Å²) in [6.07, 6.45) is 49.2. The number of hydrogen-bond acceptors (Lipinski definition) is 6. The van der Waals surface area contributed by atoms with Gasteiger partial charge in [0.05, 0.1) is 34.4 Å². The summed E-state index contributed by atoms with van der Waals surface area (Å²) in [5.74, 6) is -0.314. The third kappa shape index (κ3) is 46.1. The molecule has 0 aliphatic carbocycles. The number of ether oxygens (including phenoxy) is 2. The SMILES string of the molecule is CCCCC/C=C\C/C=C\CCCCCCCCCCCC(=O)OC(COCCCCCCCCCCCCCCCCCCC)COP(=O)(O)OCC[N+](C)(C)C. The first-order chi connectivity index (χ1) is 28.1. The van der Waals surface area contributed by atoms with Crippen molar-refractivity contribution in [3.63, 3.8) is 0 Å². The van der Waals surface area contributed by atoms with Gasteiger partial charge in [-0.3, -0.25) is 13.8 Å². The smallest absolute Gasteiger partial charge is 0.457 e. The fourth-order valence-corrected chi connectivity index (χ4v) is 7.68. The molecular formula is C49H97NO7P+. The molecule has 0 saturated heterocycles. The number of carbonyl (C=O) groups excluding carboxylic acids is 1. The molecule has 1 N–H and O–H groups in total. The number of phosphoric ester groups is 1. The molecule has 0 bridgehead atoms. The van der Waals surface area contributed by atoms with Crippen molar-refractivity contribution >= 4 is 13.8 Å². The topological polar surface area (TPSA) is 91.3 Å². The number of phosphoric acid groups is 1. The van der Waals surface area contributed by atoms with E-state index in [0.717, 1.165) is 38.5 Å². The third-order valence-corrected chi connectivity index (χ3v) is 11.7. The van der Waals surface area contributed by atoms with Crippen LogP contribution < -0.4 is 0 Å². The normalized spacial score (nSPS) is 13.8. The van der Waals surface area contributed by atoms with Crippen LogP contribution in [0.25, 0.3) is 0 Å². The predicted molar refractivity (Wildman–Crippen MR) is 247 cm³/mol. The van der Waals surface area contributed by atoms with Gasteiger partial charge in [0.25, 0.3) is 0 Å². The van der Waals surface area contributed by atoms with E-state index in [1.54, 1.807) is 0 Å². The Morgan fingerprint density at radius 3 is 1.43 bits per heavy atom. The second-order valence-electron chi connectivity index (χ2n) is 17.9. The van der Waals surface area contributed by atoms with Crippen molar-refractivity contribution in [2.24, 2.45) is 0 Å². The fraction of sp³-hybridized carbons (Fsp3) is 0.898. The number of likely N-dealkylation sites (N-methyl/N-ethyl adjacent to an activating group) is 1. The largest absolute Gasteiger partial charge is 0.472 e. The zero-order valence-corrected chi connectivity index (χ0v) is 39.9. The molecule has 0 aliphatic heterocycles. The molecule has 2 atom stereocenters. The third-order valence-electron chi connectivity index (χ3n) is 10.8. The highest BCUT2D eigenvalue weighted by atomic mass is 31.2. The van der Waals surface area contributed by atoms with Gasteiger partial charge in [0.1, 0.15) is 19.3 Å². The number of allylic oxidation sites excluding steroid dienone is 4. The van der Waals surface area contributed by atoms with Crippen LogP contribution in [-0.2, 0) is 27.9 Å². The van der Waals surface area contributed by atoms with Crippen LogP contribution in [0.4, 0.5) is 0 Å². The van der Waals surface area contributed by atoms with Crippen molar-refractivity contribution in [1.82, 2.24) is 0 Å². The summed E-state index contributed by atoms with van der Waals surface area (Å²) in [6, 6.07) is 0. The van der Waals surface area contributed by atoms with E-state index in [-0.39, 0.29) is 25.8 Å². The molecule has 0 fully saturated rings. The molecule has 0 aliphatic rings. The maximum atomic E-state index is 12.7. The van der Waals surface area contributed by atoms with Crippen molar-refractivity contribution in [1.29, 1.82) is 0 Å². The molecule has 8 nitrogen and oxygen atoms in total. The number of rotatable bonds is 46. The van der Waals surface area contributed by atoms with Crippen molar-refractivity contribution < 1.29 is 37.3 Å². The molecule has 0 amide bonds. The molecule has 9 heteroatoms. The second-order valence-corrected chi connectivity index (χ2v) is 19.3. The summed E-state index contributed by atoms with van der Waals surface area (Å²) in [5, 5.41) is 0. The standard InChI is InChI=1S/C49H96NO7P/c1-6-8-10-12-14-16-18-20-22-24-25-26-28-30-32-34-36-38-40-42-49(51)57-48(47-56-58(52,53)55-45-43-50(3,4)5)46-54-44-41-39-37-35-33-31-29-27-23-21-19-17-15-13-11-9-7-2/h14,16,20,22,48H,6-13,15,17-19,21,23-47H2,1-5H3/p+1/b16-14-,22-20-. The lowest BCUT2D eigenvalue weighted by Crippen LogP contribution is -2.37. The Bertz CT molecular complexity index is 983. The highest BCUT2D eigenvalue weighted by Crippen LogP contribution is 2.43. The van der Waals surface area contributed by atoms with Crippen LogP contribution in [0.15, 0.2) is 24.3 Å². The quantitative estimate of drug-likeness (QED) is 0.0215. The second kappa shape index (κ2) is 42.7. The van der Waals surface area contributed by atoms with E-state index >= 15 is 0 Å². The van der Waals surface area contributed by atoms with Crippen molar-refractivity contribution in [3.8, 4) is 0 Å². The van der Waals surface area contributed by atoms with E-state index < -0.39 is 13.9 Å². The van der Waals surface area contributed by atoms with Gasteiger partial charge in [-0.2, -0.15) is 0 Å². The molecule has 0 aromatic heterocycles. The molecule has 0 radical (unpaired) electrons. The Morgan fingerprint density at radius 2 is 0.948 bits per heavy atom. The van der Waals surface area contributed by atoms with E-state index in [2.05, 4.69) is 38.2 Å². The van der Waals surface area contributed by atoms with E-state index in [1.807, 2.05) is 21.1 Å². The molecule has 0 rings (SSSR count). The molecular weight excluding hydrogens is 746 g/mol. The Kier molecular flexibility index (Phi) is 41.9. The van der Waals surface area contributed by atoms with Crippen LogP contribution in [0.5, 0.6) is 0 Å². The Hall–Kier alpha value is -1.02. The van der Waals surface area contributed by atoms with Gasteiger partial charge in [0, 0.05) is 13.0 Å². The van der Waals surface area contributed by atoms with E-state index in [1.165, 1.54) is 167 Å². The Labute approximate surface area is 360 Å². The maximum Gasteiger partial charge on any atom is 0.472 e. The molecule has 58 heavy (non-hydrogen) atoms. The summed E-state index contributed by atoms with van der Waals surface area (Å²) < 4.78 is 35.1. The molecule has 0 aromatic rings. The van der Waals surface area contributed by atoms with E-state index in [0.29, 0.717) is 24.1 Å². The summed E-state index contributed by atoms with van der Waals surface area (Å²) in [4.78, 5) is 23.0. The van der Waals surface area contributed by atoms with Crippen LogP contribution in [0.1, 0.15) is 226 Å². The minimum Gasteiger partial charge on any atom is -0.457 e. The van der Waals surface area contributed by atoms with Crippen molar-refractivity contribution in [3.05, 3.63) is 24.3 Å². The lowest BCUT2D eigenvalue weighted by atomic mass is 10.0. The van der Waals surface area contributed by atoms with Crippen LogP contribution >= 0.6 is 7.82 Å². The minimum absolute atomic E-state index is 0.0900. The summed E-state index contributed by atoms with van der Waals surface area (Å²) in [6.45, 7) is 5.64. The number of esters is 1. The number of hydrogen-bond donors (Lipinski definition) is 1. The molecule has 0 aromatic carbocycles. The van der Waals surface area contributed by atoms with Gasteiger partial charge in [0.2, 0.25) is 0 Å². The van der Waals surface area contributed by atoms with Crippen LogP contribution in [0.2, 0.25) is 0 Å². The maximum absolute atomic E-state index is 12.7. The predicted octanol–water partition coefficient (Wildman–Crippen LogP) is 14.8. The highest BCUT2D eigenvalue weighted by Gasteiger charge is 2.26. The molecule has 344 valence electrons. The average Bonchev–Trinajstić information content (AvgIpc) is 3.18. The van der Waals surface area contributed by atoms with Gasteiger partial charge in [-0.1, -0.05) is 199 Å². The summed E-state index contributed by atoms with van der Waals surface area (Å²) in [7, 11) is 1.67. The number of quaternary nitrogens is 1. The molecule has 0 heterocycles. The van der Waals surface area contributed by atoms with E-state index in [9.17, 15) is 14.3 Å². The average molecular weight is 843 g/mol. The number of unbranched alkanes of at least 4 members (excludes halogenated alkanes) is 28. The zero-order valence-electron chi connectivity index (χ0n) is 39.0. The van der Waals surface area contributed by atoms with Crippen molar-refractivity contribution in [2.45, 2.75) is 232 Å². The molecule has 2 unspecified atom stereocenters. The van der Waals surface area contributed by atoms with Gasteiger partial charge in [-0.05, 0) is 44.9 Å². The van der Waals surface area contributed by atoms with Gasteiger partial charge < -0.3 is 18.9 Å². The zero-order chi connectivity index (χ0) is 42.7. The van der Waals surface area contributed by atoms with Gasteiger partial charge >= 0.3 is 13.8 Å². The first-order valence-corrected chi connectivity index (χ1v) is 26.1. The minimum atomic E-state index is -4.28. The van der Waals surface area contributed by atoms with Gasteiger partial charge in [-0.25, -0.2) is 4.57 Å². The Morgan fingerprint density at radius 1 is 0.534 bits per heavy atom. The molecule has 0 saturated carbocycles. The monoisotopic (exact) mass is 843 g/mol. The highest BCUT2D eigenvalue weighted by molar-refractivity contribution is 7.47. The van der Waals surface area contributed by atoms with Gasteiger partial charge in [-0.15, -0.1) is 0 Å². The first-order valence-electron chi connectivity index (χ1n) is 24.6. The number of nitrogens with zero attached hydrogens (tertiary/aromatic N) is 1.